The van der Waals surface area contributed by atoms with E-state index in [1.54, 1.807) is 6.92 Å². The van der Waals surface area contributed by atoms with Gasteiger partial charge in [0.25, 0.3) is 0 Å². The molecule has 0 aliphatic rings. The molecule has 4 N–H and O–H groups in total. The summed E-state index contributed by atoms with van der Waals surface area (Å²) in [6.45, 7) is 10.7. The van der Waals surface area contributed by atoms with E-state index in [4.69, 9.17) is 15.3 Å². The van der Waals surface area contributed by atoms with Gasteiger partial charge in [0.05, 0.1) is 6.42 Å². The fourth-order valence-electron chi connectivity index (χ4n) is 3.18. The van der Waals surface area contributed by atoms with Crippen LogP contribution in [0.3, 0.4) is 0 Å². The lowest BCUT2D eigenvalue weighted by atomic mass is 9.96. The highest BCUT2D eigenvalue weighted by atomic mass is 16.4. The zero-order valence-corrected chi connectivity index (χ0v) is 22.1. The van der Waals surface area contributed by atoms with Gasteiger partial charge in [0, 0.05) is 30.7 Å². The molecule has 3 unspecified atom stereocenters. The molecule has 35 heavy (non-hydrogen) atoms. The molecule has 0 fully saturated rings. The second kappa shape index (κ2) is 23.0. The molecule has 0 bridgehead atoms. The van der Waals surface area contributed by atoms with Gasteiger partial charge in [-0.25, -0.2) is 4.79 Å². The Morgan fingerprint density at radius 2 is 1.06 bits per heavy atom. The molecule has 0 aromatic heterocycles. The second-order valence-electron chi connectivity index (χ2n) is 8.41. The molecule has 0 heterocycles. The highest BCUT2D eigenvalue weighted by molar-refractivity contribution is 5.82. The van der Waals surface area contributed by atoms with Crippen molar-refractivity contribution in [3.8, 4) is 0 Å². The van der Waals surface area contributed by atoms with E-state index in [1.807, 2.05) is 20.8 Å². The number of ketones is 3. The number of Topliss-reactive ketones (excluding diaryl/α,β-unsaturated/α-hetero) is 3. The molecule has 3 atom stereocenters. The molecule has 0 saturated carbocycles. The van der Waals surface area contributed by atoms with Gasteiger partial charge >= 0.3 is 18.0 Å². The molecule has 10 heteroatoms. The molecule has 0 rings (SSSR count). The Morgan fingerprint density at radius 1 is 0.629 bits per heavy atom. The zero-order valence-electron chi connectivity index (χ0n) is 22.1. The van der Waals surface area contributed by atoms with Crippen LogP contribution in [-0.4, -0.2) is 57.2 Å². The number of carbonyl (C=O) groups is 6. The maximum Gasteiger partial charge on any atom is 0.404 e. The van der Waals surface area contributed by atoms with Gasteiger partial charge in [0.1, 0.15) is 17.3 Å². The normalized spacial score (nSPS) is 12.4. The van der Waals surface area contributed by atoms with E-state index >= 15 is 0 Å². The number of amides is 1. The Balaban J connectivity index is -0.000000447. The number of nitrogens with one attached hydrogen (secondary N) is 1. The van der Waals surface area contributed by atoms with Crippen molar-refractivity contribution >= 4 is 35.4 Å². The lowest BCUT2D eigenvalue weighted by molar-refractivity contribution is -0.140. The van der Waals surface area contributed by atoms with E-state index < -0.39 is 18.0 Å². The second-order valence-corrected chi connectivity index (χ2v) is 8.41. The van der Waals surface area contributed by atoms with Crippen LogP contribution in [0.15, 0.2) is 0 Å². The molecule has 0 aliphatic heterocycles. The topological polar surface area (TPSA) is 175 Å². The summed E-state index contributed by atoms with van der Waals surface area (Å²) >= 11 is 0. The summed E-state index contributed by atoms with van der Waals surface area (Å²) in [5.74, 6) is -1.65. The maximum absolute atomic E-state index is 11.0. The van der Waals surface area contributed by atoms with Crippen molar-refractivity contribution in [2.45, 2.75) is 99.3 Å². The molecule has 10 nitrogen and oxygen atoms in total. The lowest BCUT2D eigenvalue weighted by Gasteiger charge is -2.10. The van der Waals surface area contributed by atoms with Gasteiger partial charge in [-0.2, -0.15) is 0 Å². The molecule has 0 aliphatic carbocycles. The number of aliphatic carboxylic acids is 2. The Kier molecular flexibility index (Phi) is 24.2. The molecule has 0 aromatic carbocycles. The summed E-state index contributed by atoms with van der Waals surface area (Å²) in [4.78, 5) is 62.8. The molecule has 0 aromatic rings. The summed E-state index contributed by atoms with van der Waals surface area (Å²) in [5.41, 5.74) is 0. The van der Waals surface area contributed by atoms with E-state index in [-0.39, 0.29) is 47.9 Å². The minimum Gasteiger partial charge on any atom is -0.481 e. The summed E-state index contributed by atoms with van der Waals surface area (Å²) in [6, 6.07) is 0. The minimum absolute atomic E-state index is 0.0359. The average Bonchev–Trinajstić information content (AvgIpc) is 2.74. The number of carboxylic acids is 2. The van der Waals surface area contributed by atoms with Crippen LogP contribution >= 0.6 is 0 Å². The van der Waals surface area contributed by atoms with Gasteiger partial charge in [-0.05, 0) is 59.3 Å². The predicted octanol–water partition coefficient (Wildman–Crippen LogP) is 4.58. The first kappa shape index (κ1) is 36.8. The van der Waals surface area contributed by atoms with Crippen molar-refractivity contribution in [1.82, 2.24) is 5.32 Å². The van der Waals surface area contributed by atoms with Crippen LogP contribution in [0.2, 0.25) is 0 Å². The first-order chi connectivity index (χ1) is 16.2. The molecule has 1 amide bonds. The van der Waals surface area contributed by atoms with Gasteiger partial charge in [-0.1, -0.05) is 27.2 Å². The van der Waals surface area contributed by atoms with Gasteiger partial charge in [0.2, 0.25) is 0 Å². The van der Waals surface area contributed by atoms with Crippen LogP contribution in [0, 0.1) is 17.8 Å². The Bertz CT molecular complexity index is 661. The zero-order chi connectivity index (χ0) is 28.0. The van der Waals surface area contributed by atoms with Crippen molar-refractivity contribution in [1.29, 1.82) is 0 Å². The first-order valence-corrected chi connectivity index (χ1v) is 12.1. The summed E-state index contributed by atoms with van der Waals surface area (Å²) in [7, 11) is 0. The van der Waals surface area contributed by atoms with Crippen LogP contribution in [-0.2, 0) is 24.0 Å². The number of carboxylic acid groups (broad SMARTS) is 3. The van der Waals surface area contributed by atoms with Crippen LogP contribution in [0.25, 0.3) is 0 Å². The highest BCUT2D eigenvalue weighted by Crippen LogP contribution is 2.13. The van der Waals surface area contributed by atoms with Crippen molar-refractivity contribution in [2.24, 2.45) is 17.8 Å². The largest absolute Gasteiger partial charge is 0.481 e. The van der Waals surface area contributed by atoms with E-state index in [9.17, 15) is 28.8 Å². The van der Waals surface area contributed by atoms with Gasteiger partial charge in [0.15, 0.2) is 0 Å². The lowest BCUT2D eigenvalue weighted by Crippen LogP contribution is -2.22. The van der Waals surface area contributed by atoms with Crippen LogP contribution in [0.4, 0.5) is 4.79 Å². The number of carbonyl (C=O) groups excluding carboxylic acids is 3. The molecule has 0 spiro atoms. The number of unbranched alkanes of at least 4 members (excludes halogenated alkanes) is 1. The van der Waals surface area contributed by atoms with E-state index in [1.165, 1.54) is 13.8 Å². The molecule has 0 radical (unpaired) electrons. The number of hydrogen-bond acceptors (Lipinski definition) is 6. The molecular weight excluding hydrogens is 458 g/mol. The maximum atomic E-state index is 11.0. The average molecular weight is 504 g/mol. The third kappa shape index (κ3) is 25.7. The third-order valence-corrected chi connectivity index (χ3v) is 5.59. The summed E-state index contributed by atoms with van der Waals surface area (Å²) in [6.07, 6.45) is 4.35. The van der Waals surface area contributed by atoms with Crippen molar-refractivity contribution in [2.75, 3.05) is 6.54 Å². The molecule has 0 saturated heterocycles. The van der Waals surface area contributed by atoms with E-state index in [0.717, 1.165) is 32.1 Å². The van der Waals surface area contributed by atoms with E-state index in [0.29, 0.717) is 19.4 Å². The Labute approximate surface area is 208 Å². The number of rotatable bonds is 16. The van der Waals surface area contributed by atoms with Crippen molar-refractivity contribution in [3.05, 3.63) is 0 Å². The minimum atomic E-state index is -0.983. The quantitative estimate of drug-likeness (QED) is 0.220. The Hall–Kier alpha value is -2.78. The summed E-state index contributed by atoms with van der Waals surface area (Å²) in [5, 5.41) is 27.2. The fourth-order valence-corrected chi connectivity index (χ4v) is 3.18. The summed E-state index contributed by atoms with van der Waals surface area (Å²) < 4.78 is 0. The molecule has 204 valence electrons. The smallest absolute Gasteiger partial charge is 0.404 e. The van der Waals surface area contributed by atoms with Crippen LogP contribution in [0.1, 0.15) is 99.3 Å². The Morgan fingerprint density at radius 3 is 1.34 bits per heavy atom. The SMILES string of the molecule is CCC(CC(=O)O)C(C)=O.CCC(CCC(=O)O)C(C)=O.CCC(CCCCNC(=O)O)C(C)=O. The van der Waals surface area contributed by atoms with E-state index in [2.05, 4.69) is 5.32 Å². The van der Waals surface area contributed by atoms with Gasteiger partial charge in [-0.15, -0.1) is 0 Å². The molecular formula is C25H45NO9. The van der Waals surface area contributed by atoms with Crippen molar-refractivity contribution < 1.29 is 44.1 Å². The predicted molar refractivity (Wildman–Crippen MR) is 132 cm³/mol. The number of hydrogen-bond donors (Lipinski definition) is 4. The van der Waals surface area contributed by atoms with Crippen LogP contribution in [0.5, 0.6) is 0 Å². The first-order valence-electron chi connectivity index (χ1n) is 12.1. The third-order valence-electron chi connectivity index (χ3n) is 5.59. The monoisotopic (exact) mass is 503 g/mol. The van der Waals surface area contributed by atoms with Crippen molar-refractivity contribution in [3.63, 3.8) is 0 Å². The van der Waals surface area contributed by atoms with Gasteiger partial charge < -0.3 is 20.6 Å². The van der Waals surface area contributed by atoms with Crippen LogP contribution < -0.4 is 5.32 Å². The standard InChI is InChI=1S/C10H19NO3.C8H14O3.C7H12O3/c1-3-9(8(2)12)6-4-5-7-11-10(13)14;1-3-7(6(2)9)4-5-8(10)11;1-3-6(5(2)8)4-7(9)10/h9,11H,3-7H2,1-2H3,(H,13,14);7H,3-5H2,1-2H3,(H,10,11);6H,3-4H2,1-2H3,(H,9,10). The van der Waals surface area contributed by atoms with Gasteiger partial charge in [-0.3, -0.25) is 24.0 Å². The highest BCUT2D eigenvalue weighted by Gasteiger charge is 2.15. The fraction of sp³-hybridized carbons (Fsp3) is 0.760.